The Balaban J connectivity index is 2.18. The van der Waals surface area contributed by atoms with E-state index in [0.29, 0.717) is 16.9 Å². The standard InChI is InChI=1S/C16H22O2/c1-11-8-14(10-16(2,3)9-11)12-4-6-13(7-5-12)15(17)18/h4-7,11,14H,8-10H2,1-3H3,(H,17,18). The zero-order valence-electron chi connectivity index (χ0n) is 11.4. The Morgan fingerprint density at radius 1 is 1.22 bits per heavy atom. The van der Waals surface area contributed by atoms with Gasteiger partial charge in [-0.25, -0.2) is 4.79 Å². The molecule has 1 N–H and O–H groups in total. The average molecular weight is 246 g/mol. The van der Waals surface area contributed by atoms with Crippen LogP contribution in [0.2, 0.25) is 0 Å². The molecule has 1 saturated carbocycles. The minimum Gasteiger partial charge on any atom is -0.478 e. The fourth-order valence-corrected chi connectivity index (χ4v) is 3.50. The molecule has 1 aromatic carbocycles. The largest absolute Gasteiger partial charge is 0.478 e. The molecule has 0 heterocycles. The summed E-state index contributed by atoms with van der Waals surface area (Å²) in [6.45, 7) is 6.99. The molecule has 18 heavy (non-hydrogen) atoms. The van der Waals surface area contributed by atoms with Crippen LogP contribution in [0.4, 0.5) is 0 Å². The van der Waals surface area contributed by atoms with Gasteiger partial charge in [-0.05, 0) is 54.2 Å². The highest BCUT2D eigenvalue weighted by atomic mass is 16.4. The van der Waals surface area contributed by atoms with Gasteiger partial charge in [0.05, 0.1) is 5.56 Å². The van der Waals surface area contributed by atoms with E-state index < -0.39 is 5.97 Å². The highest BCUT2D eigenvalue weighted by Crippen LogP contribution is 2.45. The second-order valence-corrected chi connectivity index (χ2v) is 6.54. The van der Waals surface area contributed by atoms with E-state index in [1.807, 2.05) is 12.1 Å². The van der Waals surface area contributed by atoms with E-state index in [0.717, 1.165) is 5.92 Å². The lowest BCUT2D eigenvalue weighted by Crippen LogP contribution is -2.26. The summed E-state index contributed by atoms with van der Waals surface area (Å²) in [5.74, 6) is 0.475. The normalized spacial score (nSPS) is 26.8. The van der Waals surface area contributed by atoms with E-state index >= 15 is 0 Å². The fraction of sp³-hybridized carbons (Fsp3) is 0.562. The van der Waals surface area contributed by atoms with Crippen molar-refractivity contribution >= 4 is 5.97 Å². The number of rotatable bonds is 2. The van der Waals surface area contributed by atoms with Gasteiger partial charge in [0.1, 0.15) is 0 Å². The smallest absolute Gasteiger partial charge is 0.335 e. The molecule has 2 rings (SSSR count). The van der Waals surface area contributed by atoms with Crippen LogP contribution >= 0.6 is 0 Å². The zero-order valence-corrected chi connectivity index (χ0v) is 11.4. The molecule has 1 aliphatic carbocycles. The molecule has 2 unspecified atom stereocenters. The van der Waals surface area contributed by atoms with E-state index in [9.17, 15) is 4.79 Å². The van der Waals surface area contributed by atoms with E-state index in [1.54, 1.807) is 12.1 Å². The lowest BCUT2D eigenvalue weighted by atomic mass is 9.66. The monoisotopic (exact) mass is 246 g/mol. The van der Waals surface area contributed by atoms with Gasteiger partial charge in [0.15, 0.2) is 0 Å². The summed E-state index contributed by atoms with van der Waals surface area (Å²) in [6.07, 6.45) is 3.70. The first-order valence-electron chi connectivity index (χ1n) is 6.71. The van der Waals surface area contributed by atoms with Crippen molar-refractivity contribution in [3.8, 4) is 0 Å². The summed E-state index contributed by atoms with van der Waals surface area (Å²) in [5.41, 5.74) is 2.06. The molecular weight excluding hydrogens is 224 g/mol. The molecule has 2 heteroatoms. The van der Waals surface area contributed by atoms with Crippen LogP contribution in [-0.2, 0) is 0 Å². The van der Waals surface area contributed by atoms with Crippen molar-refractivity contribution in [3.63, 3.8) is 0 Å². The second kappa shape index (κ2) is 4.75. The van der Waals surface area contributed by atoms with Gasteiger partial charge < -0.3 is 5.11 Å². The molecule has 98 valence electrons. The Bertz CT molecular complexity index is 431. The number of carbonyl (C=O) groups is 1. The maximum atomic E-state index is 10.8. The highest BCUT2D eigenvalue weighted by molar-refractivity contribution is 5.87. The van der Waals surface area contributed by atoms with Gasteiger partial charge in [-0.3, -0.25) is 0 Å². The second-order valence-electron chi connectivity index (χ2n) is 6.54. The highest BCUT2D eigenvalue weighted by Gasteiger charge is 2.32. The number of aromatic carboxylic acids is 1. The van der Waals surface area contributed by atoms with Crippen LogP contribution < -0.4 is 0 Å². The van der Waals surface area contributed by atoms with Crippen LogP contribution in [0.1, 0.15) is 61.9 Å². The number of benzene rings is 1. The van der Waals surface area contributed by atoms with Gasteiger partial charge in [0.2, 0.25) is 0 Å². The van der Waals surface area contributed by atoms with Gasteiger partial charge in [0, 0.05) is 0 Å². The molecule has 2 atom stereocenters. The number of hydrogen-bond donors (Lipinski definition) is 1. The first-order chi connectivity index (χ1) is 8.37. The molecule has 0 bridgehead atoms. The third-order valence-corrected chi connectivity index (χ3v) is 4.02. The molecule has 0 spiro atoms. The van der Waals surface area contributed by atoms with E-state index in [1.165, 1.54) is 24.8 Å². The maximum Gasteiger partial charge on any atom is 0.335 e. The lowest BCUT2D eigenvalue weighted by molar-refractivity contribution is 0.0696. The number of carboxylic acid groups (broad SMARTS) is 1. The minimum atomic E-state index is -0.848. The predicted octanol–water partition coefficient (Wildman–Crippen LogP) is 4.31. The third kappa shape index (κ3) is 2.92. The Morgan fingerprint density at radius 3 is 2.33 bits per heavy atom. The van der Waals surface area contributed by atoms with Crippen molar-refractivity contribution in [1.29, 1.82) is 0 Å². The minimum absolute atomic E-state index is 0.377. The van der Waals surface area contributed by atoms with Crippen LogP contribution in [0.3, 0.4) is 0 Å². The van der Waals surface area contributed by atoms with Crippen LogP contribution in [0, 0.1) is 11.3 Å². The summed E-state index contributed by atoms with van der Waals surface area (Å²) in [6, 6.07) is 7.43. The molecule has 2 nitrogen and oxygen atoms in total. The van der Waals surface area contributed by atoms with Crippen LogP contribution in [0.15, 0.2) is 24.3 Å². The van der Waals surface area contributed by atoms with Gasteiger partial charge >= 0.3 is 5.97 Å². The summed E-state index contributed by atoms with van der Waals surface area (Å²) >= 11 is 0. The summed E-state index contributed by atoms with van der Waals surface area (Å²) < 4.78 is 0. The van der Waals surface area contributed by atoms with Crippen molar-refractivity contribution in [3.05, 3.63) is 35.4 Å². The van der Waals surface area contributed by atoms with E-state index in [-0.39, 0.29) is 0 Å². The van der Waals surface area contributed by atoms with Crippen molar-refractivity contribution in [2.45, 2.75) is 46.0 Å². The Kier molecular flexibility index (Phi) is 3.47. The Morgan fingerprint density at radius 2 is 1.83 bits per heavy atom. The summed E-state index contributed by atoms with van der Waals surface area (Å²) in [5, 5.41) is 8.91. The maximum absolute atomic E-state index is 10.8. The van der Waals surface area contributed by atoms with Crippen molar-refractivity contribution in [2.24, 2.45) is 11.3 Å². The quantitative estimate of drug-likeness (QED) is 0.844. The number of hydrogen-bond acceptors (Lipinski definition) is 1. The first-order valence-corrected chi connectivity index (χ1v) is 6.71. The Hall–Kier alpha value is -1.31. The van der Waals surface area contributed by atoms with Crippen LogP contribution in [0.5, 0.6) is 0 Å². The molecule has 0 aromatic heterocycles. The summed E-state index contributed by atoms with van der Waals surface area (Å²) in [4.78, 5) is 10.8. The fourth-order valence-electron chi connectivity index (χ4n) is 3.50. The third-order valence-electron chi connectivity index (χ3n) is 4.02. The topological polar surface area (TPSA) is 37.3 Å². The van der Waals surface area contributed by atoms with Gasteiger partial charge in [0.25, 0.3) is 0 Å². The van der Waals surface area contributed by atoms with Gasteiger partial charge in [-0.1, -0.05) is 32.9 Å². The number of carboxylic acids is 1. The van der Waals surface area contributed by atoms with Gasteiger partial charge in [-0.15, -0.1) is 0 Å². The molecule has 0 amide bonds. The predicted molar refractivity (Wildman–Crippen MR) is 72.9 cm³/mol. The van der Waals surface area contributed by atoms with Crippen molar-refractivity contribution in [2.75, 3.05) is 0 Å². The van der Waals surface area contributed by atoms with Crippen molar-refractivity contribution < 1.29 is 9.90 Å². The molecule has 0 aliphatic heterocycles. The molecule has 1 aliphatic rings. The van der Waals surface area contributed by atoms with Crippen LogP contribution in [0.25, 0.3) is 0 Å². The molecule has 1 fully saturated rings. The lowest BCUT2D eigenvalue weighted by Gasteiger charge is -2.39. The molecule has 0 saturated heterocycles. The average Bonchev–Trinajstić information content (AvgIpc) is 2.26. The SMILES string of the molecule is CC1CC(c2ccc(C(=O)O)cc2)CC(C)(C)C1. The molecular formula is C16H22O2. The Labute approximate surface area is 109 Å². The summed E-state index contributed by atoms with van der Waals surface area (Å²) in [7, 11) is 0. The molecule has 1 aromatic rings. The zero-order chi connectivity index (χ0) is 13.3. The van der Waals surface area contributed by atoms with Crippen LogP contribution in [-0.4, -0.2) is 11.1 Å². The first kappa shape index (κ1) is 13.1. The van der Waals surface area contributed by atoms with Gasteiger partial charge in [-0.2, -0.15) is 0 Å². The van der Waals surface area contributed by atoms with Crippen molar-refractivity contribution in [1.82, 2.24) is 0 Å². The van der Waals surface area contributed by atoms with E-state index in [4.69, 9.17) is 5.11 Å². The molecule has 0 radical (unpaired) electrons. The van der Waals surface area contributed by atoms with E-state index in [2.05, 4.69) is 20.8 Å².